The summed E-state index contributed by atoms with van der Waals surface area (Å²) in [5.74, 6) is -0.0889. The van der Waals surface area contributed by atoms with Gasteiger partial charge in [0.15, 0.2) is 0 Å². The summed E-state index contributed by atoms with van der Waals surface area (Å²) >= 11 is 0. The number of alkyl halides is 2. The Morgan fingerprint density at radius 2 is 2.14 bits per heavy atom. The first-order valence-corrected chi connectivity index (χ1v) is 6.62. The van der Waals surface area contributed by atoms with Gasteiger partial charge in [-0.1, -0.05) is 0 Å². The molecule has 1 unspecified atom stereocenters. The van der Waals surface area contributed by atoms with Crippen molar-refractivity contribution in [2.45, 2.75) is 13.0 Å². The van der Waals surface area contributed by atoms with Crippen molar-refractivity contribution in [1.82, 2.24) is 5.32 Å². The third kappa shape index (κ3) is 3.89. The van der Waals surface area contributed by atoms with Crippen LogP contribution in [0.4, 0.5) is 14.5 Å². The summed E-state index contributed by atoms with van der Waals surface area (Å²) < 4.78 is 33.5. The SMILES string of the molecule is COCC1(C(=O)Nc2ccc(OC(F)F)cc2)CCNC1. The van der Waals surface area contributed by atoms with Crippen LogP contribution >= 0.6 is 0 Å². The number of hydrogen-bond donors (Lipinski definition) is 2. The molecule has 0 spiro atoms. The van der Waals surface area contributed by atoms with E-state index in [0.717, 1.165) is 6.54 Å². The molecule has 1 heterocycles. The van der Waals surface area contributed by atoms with E-state index in [9.17, 15) is 13.6 Å². The maximum Gasteiger partial charge on any atom is 0.387 e. The Morgan fingerprint density at radius 1 is 1.43 bits per heavy atom. The molecule has 7 heteroatoms. The molecule has 5 nitrogen and oxygen atoms in total. The number of halogens is 2. The highest BCUT2D eigenvalue weighted by atomic mass is 19.3. The monoisotopic (exact) mass is 300 g/mol. The Kier molecular flexibility index (Phi) is 5.08. The van der Waals surface area contributed by atoms with Crippen molar-refractivity contribution in [1.29, 1.82) is 0 Å². The minimum Gasteiger partial charge on any atom is -0.435 e. The molecular weight excluding hydrogens is 282 g/mol. The van der Waals surface area contributed by atoms with Gasteiger partial charge in [0.2, 0.25) is 5.91 Å². The predicted octanol–water partition coefficient (Wildman–Crippen LogP) is 1.85. The van der Waals surface area contributed by atoms with Crippen LogP contribution < -0.4 is 15.4 Å². The van der Waals surface area contributed by atoms with E-state index in [0.29, 0.717) is 25.3 Å². The zero-order valence-corrected chi connectivity index (χ0v) is 11.7. The summed E-state index contributed by atoms with van der Waals surface area (Å²) in [5, 5.41) is 5.94. The van der Waals surface area contributed by atoms with Gasteiger partial charge in [0.05, 0.1) is 12.0 Å². The average Bonchev–Trinajstić information content (AvgIpc) is 2.91. The summed E-state index contributed by atoms with van der Waals surface area (Å²) in [6.45, 7) is -1.21. The molecule has 0 saturated carbocycles. The number of carbonyl (C=O) groups excluding carboxylic acids is 1. The molecule has 1 aliphatic heterocycles. The molecule has 2 N–H and O–H groups in total. The van der Waals surface area contributed by atoms with Gasteiger partial charge in [-0.2, -0.15) is 8.78 Å². The van der Waals surface area contributed by atoms with Gasteiger partial charge in [0.25, 0.3) is 0 Å². The van der Waals surface area contributed by atoms with Gasteiger partial charge in [0.1, 0.15) is 5.75 Å². The lowest BCUT2D eigenvalue weighted by molar-refractivity contribution is -0.127. The second-order valence-electron chi connectivity index (χ2n) is 5.00. The quantitative estimate of drug-likeness (QED) is 0.842. The van der Waals surface area contributed by atoms with E-state index in [2.05, 4.69) is 15.4 Å². The van der Waals surface area contributed by atoms with Gasteiger partial charge < -0.3 is 20.1 Å². The van der Waals surface area contributed by atoms with E-state index < -0.39 is 12.0 Å². The standard InChI is InChI=1S/C14H18F2N2O3/c1-20-9-14(6-7-17-8-14)12(19)18-10-2-4-11(5-3-10)21-13(15)16/h2-5,13,17H,6-9H2,1H3,(H,18,19). The zero-order valence-electron chi connectivity index (χ0n) is 11.7. The number of benzene rings is 1. The van der Waals surface area contributed by atoms with E-state index in [4.69, 9.17) is 4.74 Å². The maximum atomic E-state index is 12.4. The number of hydrogen-bond acceptors (Lipinski definition) is 4. The minimum atomic E-state index is -2.86. The molecule has 0 aliphatic carbocycles. The molecule has 0 bridgehead atoms. The van der Waals surface area contributed by atoms with Gasteiger partial charge in [-0.25, -0.2) is 0 Å². The predicted molar refractivity (Wildman–Crippen MR) is 73.5 cm³/mol. The van der Waals surface area contributed by atoms with Crippen LogP contribution in [0.25, 0.3) is 0 Å². The van der Waals surface area contributed by atoms with Crippen molar-refractivity contribution in [2.75, 3.05) is 32.1 Å². The Balaban J connectivity index is 2.01. The normalized spacial score (nSPS) is 21.5. The van der Waals surface area contributed by atoms with E-state index in [-0.39, 0.29) is 11.7 Å². The topological polar surface area (TPSA) is 59.6 Å². The maximum absolute atomic E-state index is 12.4. The third-order valence-corrected chi connectivity index (χ3v) is 3.48. The summed E-state index contributed by atoms with van der Waals surface area (Å²) in [4.78, 5) is 12.4. The number of ether oxygens (including phenoxy) is 2. The van der Waals surface area contributed by atoms with Crippen molar-refractivity contribution in [3.63, 3.8) is 0 Å². The number of carbonyl (C=O) groups is 1. The van der Waals surface area contributed by atoms with E-state index >= 15 is 0 Å². The number of methoxy groups -OCH3 is 1. The van der Waals surface area contributed by atoms with Gasteiger partial charge >= 0.3 is 6.61 Å². The molecule has 1 aromatic rings. The van der Waals surface area contributed by atoms with Crippen molar-refractivity contribution < 1.29 is 23.0 Å². The van der Waals surface area contributed by atoms with Gasteiger partial charge in [-0.15, -0.1) is 0 Å². The van der Waals surface area contributed by atoms with Crippen LogP contribution in [0, 0.1) is 5.41 Å². The lowest BCUT2D eigenvalue weighted by Crippen LogP contribution is -2.41. The average molecular weight is 300 g/mol. The van der Waals surface area contributed by atoms with E-state index in [1.807, 2.05) is 0 Å². The van der Waals surface area contributed by atoms with Crippen LogP contribution in [0.5, 0.6) is 5.75 Å². The fraction of sp³-hybridized carbons (Fsp3) is 0.500. The Hall–Kier alpha value is -1.73. The molecule has 1 saturated heterocycles. The molecular formula is C14H18F2N2O3. The smallest absolute Gasteiger partial charge is 0.387 e. The summed E-state index contributed by atoms with van der Waals surface area (Å²) in [7, 11) is 1.56. The highest BCUT2D eigenvalue weighted by Crippen LogP contribution is 2.28. The van der Waals surface area contributed by atoms with Crippen LogP contribution in [0.1, 0.15) is 6.42 Å². The second kappa shape index (κ2) is 6.82. The first kappa shape index (κ1) is 15.7. The molecule has 21 heavy (non-hydrogen) atoms. The minimum absolute atomic E-state index is 0.0529. The number of amides is 1. The van der Waals surface area contributed by atoms with Gasteiger partial charge in [-0.05, 0) is 37.2 Å². The van der Waals surface area contributed by atoms with Crippen LogP contribution in [0.3, 0.4) is 0 Å². The van der Waals surface area contributed by atoms with Crippen molar-refractivity contribution in [2.24, 2.45) is 5.41 Å². The molecule has 1 aliphatic rings. The number of anilines is 1. The summed E-state index contributed by atoms with van der Waals surface area (Å²) in [5.41, 5.74) is -0.0589. The van der Waals surface area contributed by atoms with Crippen molar-refractivity contribution in [3.8, 4) is 5.75 Å². The Bertz CT molecular complexity index is 474. The molecule has 1 atom stereocenters. The fourth-order valence-corrected chi connectivity index (χ4v) is 2.39. The Morgan fingerprint density at radius 3 is 2.67 bits per heavy atom. The lowest BCUT2D eigenvalue weighted by atomic mass is 9.87. The number of nitrogens with one attached hydrogen (secondary N) is 2. The van der Waals surface area contributed by atoms with Crippen molar-refractivity contribution >= 4 is 11.6 Å². The molecule has 0 aromatic heterocycles. The first-order valence-electron chi connectivity index (χ1n) is 6.62. The van der Waals surface area contributed by atoms with Crippen LogP contribution in [0.15, 0.2) is 24.3 Å². The van der Waals surface area contributed by atoms with Crippen LogP contribution in [-0.2, 0) is 9.53 Å². The molecule has 1 amide bonds. The summed E-state index contributed by atoms with van der Waals surface area (Å²) in [6.07, 6.45) is 0.694. The van der Waals surface area contributed by atoms with Crippen LogP contribution in [0.2, 0.25) is 0 Å². The molecule has 0 radical (unpaired) electrons. The number of rotatable bonds is 6. The van der Waals surface area contributed by atoms with Crippen LogP contribution in [-0.4, -0.2) is 39.3 Å². The van der Waals surface area contributed by atoms with E-state index in [1.54, 1.807) is 7.11 Å². The fourth-order valence-electron chi connectivity index (χ4n) is 2.39. The highest BCUT2D eigenvalue weighted by molar-refractivity contribution is 5.96. The molecule has 2 rings (SSSR count). The van der Waals surface area contributed by atoms with Gasteiger partial charge in [0, 0.05) is 19.3 Å². The summed E-state index contributed by atoms with van der Waals surface area (Å²) in [6, 6.07) is 5.83. The molecule has 116 valence electrons. The zero-order chi connectivity index (χ0) is 15.3. The largest absolute Gasteiger partial charge is 0.435 e. The molecule has 1 aromatic carbocycles. The second-order valence-corrected chi connectivity index (χ2v) is 5.00. The first-order chi connectivity index (χ1) is 10.1. The Labute approximate surface area is 121 Å². The van der Waals surface area contributed by atoms with Gasteiger partial charge in [-0.3, -0.25) is 4.79 Å². The third-order valence-electron chi connectivity index (χ3n) is 3.48. The molecule has 1 fully saturated rings. The van der Waals surface area contributed by atoms with E-state index in [1.165, 1.54) is 24.3 Å². The highest BCUT2D eigenvalue weighted by Gasteiger charge is 2.41. The van der Waals surface area contributed by atoms with Crippen molar-refractivity contribution in [3.05, 3.63) is 24.3 Å². The lowest BCUT2D eigenvalue weighted by Gasteiger charge is -2.25.